The van der Waals surface area contributed by atoms with Crippen LogP contribution in [0.5, 0.6) is 0 Å². The minimum absolute atomic E-state index is 0.485. The first-order valence-corrected chi connectivity index (χ1v) is 6.08. The van der Waals surface area contributed by atoms with E-state index < -0.39 is 0 Å². The molecule has 0 fully saturated rings. The summed E-state index contributed by atoms with van der Waals surface area (Å²) in [6.45, 7) is 3.10. The number of likely N-dealkylation sites (N-methyl/N-ethyl adjacent to an activating group) is 1. The highest BCUT2D eigenvalue weighted by Gasteiger charge is 2.06. The van der Waals surface area contributed by atoms with Crippen molar-refractivity contribution in [3.8, 4) is 11.1 Å². The maximum absolute atomic E-state index is 4.40. The molecular formula is C14H19N3. The molecule has 0 saturated carbocycles. The van der Waals surface area contributed by atoms with Gasteiger partial charge in [-0.1, -0.05) is 37.3 Å². The predicted molar refractivity (Wildman–Crippen MR) is 70.8 cm³/mol. The SMILES string of the molecule is CCC(Cn1cc(-c2ccccc2)cn1)NC. The molecule has 1 aromatic carbocycles. The van der Waals surface area contributed by atoms with Gasteiger partial charge >= 0.3 is 0 Å². The zero-order valence-corrected chi connectivity index (χ0v) is 10.4. The summed E-state index contributed by atoms with van der Waals surface area (Å²) in [7, 11) is 2.00. The third-order valence-corrected chi connectivity index (χ3v) is 3.05. The Bertz CT molecular complexity index is 444. The average molecular weight is 229 g/mol. The van der Waals surface area contributed by atoms with Crippen molar-refractivity contribution in [2.45, 2.75) is 25.9 Å². The van der Waals surface area contributed by atoms with E-state index in [4.69, 9.17) is 0 Å². The highest BCUT2D eigenvalue weighted by molar-refractivity contribution is 5.61. The van der Waals surface area contributed by atoms with Crippen molar-refractivity contribution >= 4 is 0 Å². The summed E-state index contributed by atoms with van der Waals surface area (Å²) in [5.74, 6) is 0. The van der Waals surface area contributed by atoms with Crippen molar-refractivity contribution in [3.63, 3.8) is 0 Å². The Morgan fingerprint density at radius 2 is 2.00 bits per heavy atom. The third-order valence-electron chi connectivity index (χ3n) is 3.05. The van der Waals surface area contributed by atoms with Gasteiger partial charge in [0.1, 0.15) is 0 Å². The summed E-state index contributed by atoms with van der Waals surface area (Å²) in [6, 6.07) is 10.8. The lowest BCUT2D eigenvalue weighted by Gasteiger charge is -2.13. The van der Waals surface area contributed by atoms with Gasteiger partial charge in [-0.2, -0.15) is 5.10 Å². The summed E-state index contributed by atoms with van der Waals surface area (Å²) >= 11 is 0. The molecule has 90 valence electrons. The molecule has 0 amide bonds. The normalized spacial score (nSPS) is 12.6. The molecule has 0 aliphatic carbocycles. The van der Waals surface area contributed by atoms with E-state index in [9.17, 15) is 0 Å². The van der Waals surface area contributed by atoms with Crippen LogP contribution in [0.2, 0.25) is 0 Å². The molecule has 3 heteroatoms. The van der Waals surface area contributed by atoms with Crippen LogP contribution >= 0.6 is 0 Å². The summed E-state index contributed by atoms with van der Waals surface area (Å²) < 4.78 is 2.01. The fraction of sp³-hybridized carbons (Fsp3) is 0.357. The van der Waals surface area contributed by atoms with Crippen LogP contribution in [0.4, 0.5) is 0 Å². The fourth-order valence-corrected chi connectivity index (χ4v) is 1.89. The summed E-state index contributed by atoms with van der Waals surface area (Å²) in [4.78, 5) is 0. The van der Waals surface area contributed by atoms with Crippen LogP contribution < -0.4 is 5.32 Å². The number of benzene rings is 1. The molecule has 17 heavy (non-hydrogen) atoms. The monoisotopic (exact) mass is 229 g/mol. The number of aromatic nitrogens is 2. The lowest BCUT2D eigenvalue weighted by Crippen LogP contribution is -2.29. The van der Waals surface area contributed by atoms with Gasteiger partial charge in [-0.3, -0.25) is 4.68 Å². The van der Waals surface area contributed by atoms with E-state index in [1.807, 2.05) is 24.0 Å². The smallest absolute Gasteiger partial charge is 0.0568 e. The van der Waals surface area contributed by atoms with Gasteiger partial charge in [0.2, 0.25) is 0 Å². The minimum atomic E-state index is 0.485. The summed E-state index contributed by atoms with van der Waals surface area (Å²) in [5, 5.41) is 7.69. The lowest BCUT2D eigenvalue weighted by atomic mass is 10.1. The maximum atomic E-state index is 4.40. The first-order valence-electron chi connectivity index (χ1n) is 6.08. The molecule has 1 heterocycles. The summed E-state index contributed by atoms with van der Waals surface area (Å²) in [6.07, 6.45) is 5.14. The van der Waals surface area contributed by atoms with E-state index in [-0.39, 0.29) is 0 Å². The molecular weight excluding hydrogens is 210 g/mol. The number of hydrogen-bond donors (Lipinski definition) is 1. The maximum Gasteiger partial charge on any atom is 0.0568 e. The Morgan fingerprint density at radius 3 is 2.65 bits per heavy atom. The van der Waals surface area contributed by atoms with Crippen molar-refractivity contribution in [1.82, 2.24) is 15.1 Å². The molecule has 0 aliphatic heterocycles. The molecule has 3 nitrogen and oxygen atoms in total. The predicted octanol–water partition coefficient (Wildman–Crippen LogP) is 2.55. The Labute approximate surface area is 102 Å². The van der Waals surface area contributed by atoms with Gasteiger partial charge in [-0.15, -0.1) is 0 Å². The van der Waals surface area contributed by atoms with Gasteiger partial charge in [-0.05, 0) is 19.0 Å². The zero-order valence-electron chi connectivity index (χ0n) is 10.4. The molecule has 0 radical (unpaired) electrons. The molecule has 0 spiro atoms. The van der Waals surface area contributed by atoms with Crippen LogP contribution in [0.1, 0.15) is 13.3 Å². The van der Waals surface area contributed by atoms with Gasteiger partial charge in [0, 0.05) is 17.8 Å². The Kier molecular flexibility index (Phi) is 3.94. The average Bonchev–Trinajstić information content (AvgIpc) is 2.85. The van der Waals surface area contributed by atoms with Crippen LogP contribution in [-0.4, -0.2) is 22.9 Å². The van der Waals surface area contributed by atoms with E-state index in [2.05, 4.69) is 47.8 Å². The van der Waals surface area contributed by atoms with Gasteiger partial charge < -0.3 is 5.32 Å². The van der Waals surface area contributed by atoms with E-state index in [0.29, 0.717) is 6.04 Å². The largest absolute Gasteiger partial charge is 0.315 e. The lowest BCUT2D eigenvalue weighted by molar-refractivity contribution is 0.443. The molecule has 2 rings (SSSR count). The second-order valence-corrected chi connectivity index (χ2v) is 4.21. The molecule has 2 aromatic rings. The van der Waals surface area contributed by atoms with Gasteiger partial charge in [0.25, 0.3) is 0 Å². The first-order chi connectivity index (χ1) is 8.33. The van der Waals surface area contributed by atoms with Gasteiger partial charge in [-0.25, -0.2) is 0 Å². The van der Waals surface area contributed by atoms with E-state index in [1.165, 1.54) is 11.1 Å². The fourth-order valence-electron chi connectivity index (χ4n) is 1.89. The third kappa shape index (κ3) is 2.94. The van der Waals surface area contributed by atoms with E-state index in [1.54, 1.807) is 0 Å². The Hall–Kier alpha value is -1.61. The quantitative estimate of drug-likeness (QED) is 0.854. The standard InChI is InChI=1S/C14H19N3/c1-3-14(15-2)11-17-10-13(9-16-17)12-7-5-4-6-8-12/h4-10,14-15H,3,11H2,1-2H3. The molecule has 1 unspecified atom stereocenters. The van der Waals surface area contributed by atoms with E-state index >= 15 is 0 Å². The van der Waals surface area contributed by atoms with Crippen LogP contribution in [0.3, 0.4) is 0 Å². The van der Waals surface area contributed by atoms with Crippen molar-refractivity contribution in [2.75, 3.05) is 7.05 Å². The van der Waals surface area contributed by atoms with E-state index in [0.717, 1.165) is 13.0 Å². The zero-order chi connectivity index (χ0) is 12.1. The van der Waals surface area contributed by atoms with Crippen molar-refractivity contribution < 1.29 is 0 Å². The summed E-state index contributed by atoms with van der Waals surface area (Å²) in [5.41, 5.74) is 2.40. The Balaban J connectivity index is 2.11. The molecule has 1 N–H and O–H groups in total. The van der Waals surface area contributed by atoms with Crippen LogP contribution in [-0.2, 0) is 6.54 Å². The molecule has 0 bridgehead atoms. The second kappa shape index (κ2) is 5.64. The molecule has 1 aromatic heterocycles. The number of nitrogens with one attached hydrogen (secondary N) is 1. The highest BCUT2D eigenvalue weighted by atomic mass is 15.3. The van der Waals surface area contributed by atoms with Crippen molar-refractivity contribution in [1.29, 1.82) is 0 Å². The van der Waals surface area contributed by atoms with Crippen LogP contribution in [0, 0.1) is 0 Å². The number of nitrogens with zero attached hydrogens (tertiary/aromatic N) is 2. The number of rotatable bonds is 5. The van der Waals surface area contributed by atoms with Crippen LogP contribution in [0.15, 0.2) is 42.7 Å². The first kappa shape index (κ1) is 11.9. The molecule has 0 aliphatic rings. The second-order valence-electron chi connectivity index (χ2n) is 4.21. The van der Waals surface area contributed by atoms with Crippen molar-refractivity contribution in [2.24, 2.45) is 0 Å². The highest BCUT2D eigenvalue weighted by Crippen LogP contribution is 2.17. The molecule has 0 saturated heterocycles. The van der Waals surface area contributed by atoms with Crippen molar-refractivity contribution in [3.05, 3.63) is 42.7 Å². The number of hydrogen-bond acceptors (Lipinski definition) is 2. The molecule has 1 atom stereocenters. The topological polar surface area (TPSA) is 29.9 Å². The van der Waals surface area contributed by atoms with Crippen LogP contribution in [0.25, 0.3) is 11.1 Å². The van der Waals surface area contributed by atoms with Gasteiger partial charge in [0.15, 0.2) is 0 Å². The Morgan fingerprint density at radius 1 is 1.24 bits per heavy atom. The van der Waals surface area contributed by atoms with Gasteiger partial charge in [0.05, 0.1) is 12.7 Å². The minimum Gasteiger partial charge on any atom is -0.315 e.